The van der Waals surface area contributed by atoms with Gasteiger partial charge in [0.25, 0.3) is 0 Å². The summed E-state index contributed by atoms with van der Waals surface area (Å²) >= 11 is 4.92. The van der Waals surface area contributed by atoms with Crippen molar-refractivity contribution in [2.24, 2.45) is 11.7 Å². The second kappa shape index (κ2) is 6.74. The highest BCUT2D eigenvalue weighted by Gasteiger charge is 2.21. The Morgan fingerprint density at radius 3 is 2.40 bits per heavy atom. The molecule has 0 aliphatic carbocycles. The summed E-state index contributed by atoms with van der Waals surface area (Å²) in [6, 6.07) is -0.142. The molecule has 2 unspecified atom stereocenters. The van der Waals surface area contributed by atoms with Crippen LogP contribution >= 0.6 is 12.2 Å². The van der Waals surface area contributed by atoms with Gasteiger partial charge in [-0.15, -0.1) is 0 Å². The van der Waals surface area contributed by atoms with E-state index in [1.807, 2.05) is 20.8 Å². The van der Waals surface area contributed by atoms with Crippen LogP contribution in [0.25, 0.3) is 0 Å². The number of nitrogens with one attached hydrogen (secondary N) is 1. The number of carbonyl (C=O) groups excluding carboxylic acids is 1. The Bertz CT molecular complexity index is 233. The van der Waals surface area contributed by atoms with Crippen LogP contribution in [-0.4, -0.2) is 42.0 Å². The average Bonchev–Trinajstić information content (AvgIpc) is 2.23. The number of nitrogens with zero attached hydrogens (tertiary/aromatic N) is 1. The topological polar surface area (TPSA) is 58.4 Å². The first-order valence-electron chi connectivity index (χ1n) is 5.18. The number of hydrogen-bond acceptors (Lipinski definition) is 3. The summed E-state index contributed by atoms with van der Waals surface area (Å²) in [6.07, 6.45) is 0. The van der Waals surface area contributed by atoms with Gasteiger partial charge in [0, 0.05) is 19.5 Å². The molecular weight excluding hydrogens is 210 g/mol. The molecule has 0 saturated carbocycles. The molecule has 0 aliphatic rings. The summed E-state index contributed by atoms with van der Waals surface area (Å²) in [5, 5.41) is 2.64. The molecule has 15 heavy (non-hydrogen) atoms. The van der Waals surface area contributed by atoms with Gasteiger partial charge in [0.05, 0.1) is 11.0 Å². The fourth-order valence-corrected chi connectivity index (χ4v) is 1.45. The van der Waals surface area contributed by atoms with E-state index < -0.39 is 0 Å². The SMILES string of the molecule is CCN(CC(C)C(N)=S)C(C)C(=O)NC. The van der Waals surface area contributed by atoms with Crippen molar-refractivity contribution < 1.29 is 4.79 Å². The second-order valence-electron chi connectivity index (χ2n) is 3.68. The fourth-order valence-electron chi connectivity index (χ4n) is 1.38. The summed E-state index contributed by atoms with van der Waals surface area (Å²) in [7, 11) is 1.64. The molecule has 4 nitrogen and oxygen atoms in total. The summed E-state index contributed by atoms with van der Waals surface area (Å²) in [5.74, 6) is 0.152. The second-order valence-corrected chi connectivity index (χ2v) is 4.15. The van der Waals surface area contributed by atoms with E-state index in [0.29, 0.717) is 4.99 Å². The zero-order chi connectivity index (χ0) is 12.0. The maximum absolute atomic E-state index is 11.4. The van der Waals surface area contributed by atoms with Crippen LogP contribution in [0.3, 0.4) is 0 Å². The van der Waals surface area contributed by atoms with Crippen molar-refractivity contribution >= 4 is 23.1 Å². The lowest BCUT2D eigenvalue weighted by Gasteiger charge is -2.28. The zero-order valence-corrected chi connectivity index (χ0v) is 10.7. The van der Waals surface area contributed by atoms with E-state index >= 15 is 0 Å². The summed E-state index contributed by atoms with van der Waals surface area (Å²) < 4.78 is 0. The first kappa shape index (κ1) is 14.3. The minimum absolute atomic E-state index is 0.0204. The fraction of sp³-hybridized carbons (Fsp3) is 0.800. The Balaban J connectivity index is 4.36. The number of carbonyl (C=O) groups is 1. The van der Waals surface area contributed by atoms with E-state index in [1.165, 1.54) is 0 Å². The number of thiocarbonyl (C=S) groups is 1. The molecule has 0 aromatic rings. The molecule has 0 heterocycles. The number of nitrogens with two attached hydrogens (primary N) is 1. The molecule has 0 aromatic heterocycles. The molecule has 0 rings (SSSR count). The van der Waals surface area contributed by atoms with Crippen LogP contribution < -0.4 is 11.1 Å². The number of rotatable bonds is 6. The third-order valence-electron chi connectivity index (χ3n) is 2.57. The smallest absolute Gasteiger partial charge is 0.236 e. The van der Waals surface area contributed by atoms with Gasteiger partial charge >= 0.3 is 0 Å². The van der Waals surface area contributed by atoms with Crippen LogP contribution in [0, 0.1) is 5.92 Å². The van der Waals surface area contributed by atoms with Gasteiger partial charge in [-0.2, -0.15) is 0 Å². The summed E-state index contributed by atoms with van der Waals surface area (Å²) in [5.41, 5.74) is 5.55. The quantitative estimate of drug-likeness (QED) is 0.648. The van der Waals surface area contributed by atoms with Gasteiger partial charge in [-0.25, -0.2) is 0 Å². The van der Waals surface area contributed by atoms with Gasteiger partial charge in [0.1, 0.15) is 0 Å². The summed E-state index contributed by atoms with van der Waals surface area (Å²) in [6.45, 7) is 7.41. The molecule has 0 spiro atoms. The third kappa shape index (κ3) is 4.57. The van der Waals surface area contributed by atoms with Crippen molar-refractivity contribution in [2.45, 2.75) is 26.8 Å². The Labute approximate surface area is 97.2 Å². The average molecular weight is 231 g/mol. The van der Waals surface area contributed by atoms with Crippen molar-refractivity contribution in [2.75, 3.05) is 20.1 Å². The molecule has 88 valence electrons. The zero-order valence-electron chi connectivity index (χ0n) is 9.91. The van der Waals surface area contributed by atoms with Gasteiger partial charge in [-0.05, 0) is 13.5 Å². The van der Waals surface area contributed by atoms with Crippen molar-refractivity contribution in [3.05, 3.63) is 0 Å². The minimum Gasteiger partial charge on any atom is -0.393 e. The minimum atomic E-state index is -0.142. The van der Waals surface area contributed by atoms with E-state index in [2.05, 4.69) is 10.2 Å². The standard InChI is InChI=1S/C10H21N3OS/c1-5-13(6-7(2)9(11)15)8(3)10(14)12-4/h7-8H,5-6H2,1-4H3,(H2,11,15)(H,12,14). The molecule has 0 saturated heterocycles. The van der Waals surface area contributed by atoms with Crippen molar-refractivity contribution in [3.63, 3.8) is 0 Å². The largest absolute Gasteiger partial charge is 0.393 e. The predicted octanol–water partition coefficient (Wildman–Crippen LogP) is 0.365. The van der Waals surface area contributed by atoms with Gasteiger partial charge in [-0.3, -0.25) is 9.69 Å². The lowest BCUT2D eigenvalue weighted by Crippen LogP contribution is -2.46. The molecule has 1 amide bonds. The molecule has 0 fully saturated rings. The van der Waals surface area contributed by atoms with Gasteiger partial charge in [-0.1, -0.05) is 26.1 Å². The predicted molar refractivity (Wildman–Crippen MR) is 66.7 cm³/mol. The van der Waals surface area contributed by atoms with Gasteiger partial charge < -0.3 is 11.1 Å². The van der Waals surface area contributed by atoms with Crippen LogP contribution in [-0.2, 0) is 4.79 Å². The van der Waals surface area contributed by atoms with Crippen LogP contribution in [0.2, 0.25) is 0 Å². The number of likely N-dealkylation sites (N-methyl/N-ethyl adjacent to an activating group) is 2. The lowest BCUT2D eigenvalue weighted by molar-refractivity contribution is -0.125. The van der Waals surface area contributed by atoms with E-state index in [1.54, 1.807) is 7.05 Å². The van der Waals surface area contributed by atoms with E-state index in [9.17, 15) is 4.79 Å². The van der Waals surface area contributed by atoms with E-state index in [4.69, 9.17) is 18.0 Å². The lowest BCUT2D eigenvalue weighted by atomic mass is 10.1. The van der Waals surface area contributed by atoms with Gasteiger partial charge in [0.15, 0.2) is 0 Å². The van der Waals surface area contributed by atoms with E-state index in [0.717, 1.165) is 13.1 Å². The number of amides is 1. The van der Waals surface area contributed by atoms with Crippen LogP contribution in [0.5, 0.6) is 0 Å². The normalized spacial score (nSPS) is 14.7. The monoisotopic (exact) mass is 231 g/mol. The Morgan fingerprint density at radius 1 is 1.53 bits per heavy atom. The van der Waals surface area contributed by atoms with E-state index in [-0.39, 0.29) is 17.9 Å². The first-order valence-corrected chi connectivity index (χ1v) is 5.59. The number of hydrogen-bond donors (Lipinski definition) is 2. The third-order valence-corrected chi connectivity index (χ3v) is 2.98. The molecule has 0 radical (unpaired) electrons. The van der Waals surface area contributed by atoms with Crippen LogP contribution in [0.1, 0.15) is 20.8 Å². The Hall–Kier alpha value is -0.680. The van der Waals surface area contributed by atoms with Crippen LogP contribution in [0.4, 0.5) is 0 Å². The highest BCUT2D eigenvalue weighted by atomic mass is 32.1. The van der Waals surface area contributed by atoms with Crippen LogP contribution in [0.15, 0.2) is 0 Å². The molecule has 0 aliphatic heterocycles. The van der Waals surface area contributed by atoms with Crippen molar-refractivity contribution in [1.82, 2.24) is 10.2 Å². The molecule has 0 aromatic carbocycles. The maximum atomic E-state index is 11.4. The molecule has 3 N–H and O–H groups in total. The Kier molecular flexibility index (Phi) is 6.43. The van der Waals surface area contributed by atoms with Gasteiger partial charge in [0.2, 0.25) is 5.91 Å². The maximum Gasteiger partial charge on any atom is 0.236 e. The highest BCUT2D eigenvalue weighted by Crippen LogP contribution is 2.05. The molecule has 0 bridgehead atoms. The first-order chi connectivity index (χ1) is 6.93. The molecule has 2 atom stereocenters. The Morgan fingerprint density at radius 2 is 2.07 bits per heavy atom. The highest BCUT2D eigenvalue weighted by molar-refractivity contribution is 7.80. The molecule has 5 heteroatoms. The van der Waals surface area contributed by atoms with Crippen molar-refractivity contribution in [3.8, 4) is 0 Å². The van der Waals surface area contributed by atoms with Crippen molar-refractivity contribution in [1.29, 1.82) is 0 Å². The molecular formula is C10H21N3OS. The summed E-state index contributed by atoms with van der Waals surface area (Å²) in [4.78, 5) is 14.0.